The van der Waals surface area contributed by atoms with Gasteiger partial charge in [0, 0.05) is 5.56 Å². The van der Waals surface area contributed by atoms with Crippen molar-refractivity contribution in [3.63, 3.8) is 0 Å². The molecule has 149 valence electrons. The van der Waals surface area contributed by atoms with Gasteiger partial charge in [0.2, 0.25) is 0 Å². The highest BCUT2D eigenvalue weighted by atomic mass is 32.1. The van der Waals surface area contributed by atoms with Gasteiger partial charge in [-0.1, -0.05) is 37.5 Å². The number of hydrogen-bond acceptors (Lipinski definition) is 4. The number of thiazole rings is 1. The van der Waals surface area contributed by atoms with Gasteiger partial charge in [0.05, 0.1) is 21.1 Å². The van der Waals surface area contributed by atoms with Gasteiger partial charge in [-0.05, 0) is 61.6 Å². The van der Waals surface area contributed by atoms with E-state index in [9.17, 15) is 4.79 Å². The molecule has 1 heterocycles. The zero-order valence-electron chi connectivity index (χ0n) is 16.5. The van der Waals surface area contributed by atoms with Crippen LogP contribution in [0.4, 0.5) is 0 Å². The van der Waals surface area contributed by atoms with Crippen LogP contribution in [0.5, 0.6) is 5.75 Å². The molecular formula is C24H24NO3S. The minimum atomic E-state index is -0.928. The molecule has 1 N–H and O–H groups in total. The summed E-state index contributed by atoms with van der Waals surface area (Å²) in [7, 11) is 0. The quantitative estimate of drug-likeness (QED) is 0.526. The van der Waals surface area contributed by atoms with E-state index >= 15 is 0 Å². The lowest BCUT2D eigenvalue weighted by Gasteiger charge is -2.21. The first-order chi connectivity index (χ1) is 14.1. The monoisotopic (exact) mass is 406 g/mol. The molecule has 2 aromatic carbocycles. The van der Waals surface area contributed by atoms with Crippen molar-refractivity contribution in [2.75, 3.05) is 0 Å². The minimum Gasteiger partial charge on any atom is -0.488 e. The SMILES string of the molecule is Cc1nc(-c2ccc(C(=O)O)cc2)c(COc2c[c]c(C3CCCCC3)cc2)s1. The Morgan fingerprint density at radius 2 is 1.93 bits per heavy atom. The van der Waals surface area contributed by atoms with Crippen LogP contribution in [-0.4, -0.2) is 16.1 Å². The van der Waals surface area contributed by atoms with Crippen LogP contribution >= 0.6 is 11.3 Å². The van der Waals surface area contributed by atoms with Gasteiger partial charge in [-0.25, -0.2) is 9.78 Å². The number of benzene rings is 2. The number of rotatable bonds is 6. The van der Waals surface area contributed by atoms with Crippen LogP contribution in [0.15, 0.2) is 42.5 Å². The summed E-state index contributed by atoms with van der Waals surface area (Å²) in [5.41, 5.74) is 3.32. The van der Waals surface area contributed by atoms with Crippen molar-refractivity contribution in [3.8, 4) is 17.0 Å². The third-order valence-corrected chi connectivity index (χ3v) is 6.38. The molecule has 29 heavy (non-hydrogen) atoms. The van der Waals surface area contributed by atoms with Crippen molar-refractivity contribution in [3.05, 3.63) is 69.5 Å². The number of aryl methyl sites for hydroxylation is 1. The van der Waals surface area contributed by atoms with Gasteiger partial charge < -0.3 is 9.84 Å². The summed E-state index contributed by atoms with van der Waals surface area (Å²) >= 11 is 1.60. The fourth-order valence-corrected chi connectivity index (χ4v) is 4.76. The van der Waals surface area contributed by atoms with E-state index in [4.69, 9.17) is 9.84 Å². The van der Waals surface area contributed by atoms with Crippen molar-refractivity contribution in [1.29, 1.82) is 0 Å². The molecule has 4 nitrogen and oxygen atoms in total. The number of hydrogen-bond donors (Lipinski definition) is 1. The second-order valence-electron chi connectivity index (χ2n) is 7.49. The van der Waals surface area contributed by atoms with E-state index in [0.29, 0.717) is 12.5 Å². The Morgan fingerprint density at radius 3 is 2.59 bits per heavy atom. The van der Waals surface area contributed by atoms with E-state index < -0.39 is 5.97 Å². The van der Waals surface area contributed by atoms with Crippen LogP contribution in [0.3, 0.4) is 0 Å². The molecule has 1 aliphatic carbocycles. The van der Waals surface area contributed by atoms with Crippen LogP contribution in [0.2, 0.25) is 0 Å². The Kier molecular flexibility index (Phi) is 5.95. The summed E-state index contributed by atoms with van der Waals surface area (Å²) in [6.45, 7) is 2.40. The van der Waals surface area contributed by atoms with Crippen molar-refractivity contribution in [1.82, 2.24) is 4.98 Å². The lowest BCUT2D eigenvalue weighted by atomic mass is 9.84. The summed E-state index contributed by atoms with van der Waals surface area (Å²) < 4.78 is 6.02. The number of carboxylic acids is 1. The Labute approximate surface area is 175 Å². The number of aromatic carboxylic acids is 1. The van der Waals surface area contributed by atoms with E-state index in [2.05, 4.69) is 17.1 Å². The van der Waals surface area contributed by atoms with E-state index in [0.717, 1.165) is 26.9 Å². The van der Waals surface area contributed by atoms with Gasteiger partial charge in [-0.15, -0.1) is 11.3 Å². The Morgan fingerprint density at radius 1 is 1.17 bits per heavy atom. The zero-order chi connectivity index (χ0) is 20.2. The maximum Gasteiger partial charge on any atom is 0.335 e. The molecule has 1 saturated carbocycles. The molecular weight excluding hydrogens is 382 g/mol. The lowest BCUT2D eigenvalue weighted by Crippen LogP contribution is -2.04. The molecule has 0 unspecified atom stereocenters. The Bertz CT molecular complexity index is 970. The van der Waals surface area contributed by atoms with E-state index in [1.54, 1.807) is 35.6 Å². The van der Waals surface area contributed by atoms with Gasteiger partial charge in [-0.3, -0.25) is 0 Å². The minimum absolute atomic E-state index is 0.270. The van der Waals surface area contributed by atoms with Crippen LogP contribution in [0, 0.1) is 13.0 Å². The number of carboxylic acid groups (broad SMARTS) is 1. The summed E-state index contributed by atoms with van der Waals surface area (Å²) in [6, 6.07) is 16.4. The van der Waals surface area contributed by atoms with Gasteiger partial charge in [0.1, 0.15) is 12.4 Å². The number of nitrogens with zero attached hydrogens (tertiary/aromatic N) is 1. The smallest absolute Gasteiger partial charge is 0.335 e. The average molecular weight is 407 g/mol. The Hall–Kier alpha value is -2.66. The molecule has 1 aromatic heterocycles. The highest BCUT2D eigenvalue weighted by Crippen LogP contribution is 2.33. The van der Waals surface area contributed by atoms with E-state index in [1.807, 2.05) is 19.1 Å². The van der Waals surface area contributed by atoms with Crippen molar-refractivity contribution in [2.45, 2.75) is 51.6 Å². The second-order valence-corrected chi connectivity index (χ2v) is 8.78. The first-order valence-electron chi connectivity index (χ1n) is 10.0. The highest BCUT2D eigenvalue weighted by Gasteiger charge is 2.16. The summed E-state index contributed by atoms with van der Waals surface area (Å²) in [5, 5.41) is 10.0. The van der Waals surface area contributed by atoms with Gasteiger partial charge >= 0.3 is 5.97 Å². The van der Waals surface area contributed by atoms with Gasteiger partial charge in [-0.2, -0.15) is 0 Å². The fraction of sp³-hybridized carbons (Fsp3) is 0.333. The average Bonchev–Trinajstić information content (AvgIpc) is 3.14. The molecule has 0 aliphatic heterocycles. The fourth-order valence-electron chi connectivity index (χ4n) is 3.89. The molecule has 1 aliphatic rings. The predicted octanol–water partition coefficient (Wildman–Crippen LogP) is 6.24. The molecule has 0 spiro atoms. The molecule has 1 radical (unpaired) electrons. The summed E-state index contributed by atoms with van der Waals surface area (Å²) in [4.78, 5) is 16.7. The standard InChI is InChI=1S/C24H24NO3S/c1-16-25-23(19-7-9-20(10-8-19)24(26)27)22(29-16)15-28-21-13-11-18(12-14-21)17-5-3-2-4-6-17/h7-11,13-14,17H,2-6,15H2,1H3,(H,26,27). The van der Waals surface area contributed by atoms with E-state index in [-0.39, 0.29) is 5.56 Å². The first-order valence-corrected chi connectivity index (χ1v) is 10.9. The number of ether oxygens (including phenoxy) is 1. The summed E-state index contributed by atoms with van der Waals surface area (Å²) in [6.07, 6.45) is 6.52. The van der Waals surface area contributed by atoms with E-state index in [1.165, 1.54) is 37.7 Å². The molecule has 4 rings (SSSR count). The largest absolute Gasteiger partial charge is 0.488 e. The maximum absolute atomic E-state index is 11.1. The van der Waals surface area contributed by atoms with Crippen molar-refractivity contribution in [2.24, 2.45) is 0 Å². The van der Waals surface area contributed by atoms with Gasteiger partial charge in [0.25, 0.3) is 0 Å². The third-order valence-electron chi connectivity index (χ3n) is 5.43. The normalized spacial score (nSPS) is 14.7. The third kappa shape index (κ3) is 4.67. The van der Waals surface area contributed by atoms with Crippen molar-refractivity contribution < 1.29 is 14.6 Å². The van der Waals surface area contributed by atoms with Crippen LogP contribution in [0.1, 0.15) is 63.8 Å². The second kappa shape index (κ2) is 8.78. The molecule has 0 bridgehead atoms. The number of aromatic nitrogens is 1. The highest BCUT2D eigenvalue weighted by molar-refractivity contribution is 7.12. The number of carbonyl (C=O) groups is 1. The van der Waals surface area contributed by atoms with Gasteiger partial charge in [0.15, 0.2) is 0 Å². The van der Waals surface area contributed by atoms with Crippen LogP contribution in [-0.2, 0) is 6.61 Å². The molecule has 0 amide bonds. The summed E-state index contributed by atoms with van der Waals surface area (Å²) in [5.74, 6) is 0.521. The predicted molar refractivity (Wildman–Crippen MR) is 115 cm³/mol. The first kappa shape index (κ1) is 19.6. The molecule has 5 heteroatoms. The molecule has 0 atom stereocenters. The molecule has 3 aromatic rings. The van der Waals surface area contributed by atoms with Crippen molar-refractivity contribution >= 4 is 17.3 Å². The van der Waals surface area contributed by atoms with Crippen LogP contribution < -0.4 is 4.74 Å². The topological polar surface area (TPSA) is 59.4 Å². The Balaban J connectivity index is 1.45. The maximum atomic E-state index is 11.1. The molecule has 0 saturated heterocycles. The van der Waals surface area contributed by atoms with Crippen LogP contribution in [0.25, 0.3) is 11.3 Å². The molecule has 1 fully saturated rings. The lowest BCUT2D eigenvalue weighted by molar-refractivity contribution is 0.0697. The zero-order valence-corrected chi connectivity index (χ0v) is 17.3.